The number of carbonyl (C=O) groups is 3. The van der Waals surface area contributed by atoms with Crippen molar-refractivity contribution < 1.29 is 14.4 Å². The zero-order valence-electron chi connectivity index (χ0n) is 24.0. The number of nitrogens with two attached hydrogens (primary N) is 1. The van der Waals surface area contributed by atoms with Gasteiger partial charge in [-0.3, -0.25) is 14.4 Å². The number of carbonyl (C=O) groups excluding carboxylic acids is 3. The maximum absolute atomic E-state index is 14.1. The highest BCUT2D eigenvalue weighted by molar-refractivity contribution is 8.02. The summed E-state index contributed by atoms with van der Waals surface area (Å²) >= 11 is 2.45. The third kappa shape index (κ3) is 8.74. The first-order valence-corrected chi connectivity index (χ1v) is 15.3. The first-order chi connectivity index (χ1) is 18.5. The lowest BCUT2D eigenvalue weighted by Crippen LogP contribution is -2.62. The number of nitrogens with zero attached hydrogens (tertiary/aromatic N) is 2. The largest absolute Gasteiger partial charge is 0.396 e. The highest BCUT2D eigenvalue weighted by Crippen LogP contribution is 2.33. The Morgan fingerprint density at radius 3 is 2.28 bits per heavy atom. The fourth-order valence-corrected chi connectivity index (χ4v) is 5.79. The van der Waals surface area contributed by atoms with Crippen LogP contribution in [0.15, 0.2) is 39.8 Å². The number of rotatable bonds is 13. The van der Waals surface area contributed by atoms with Gasteiger partial charge < -0.3 is 26.6 Å². The second-order valence-corrected chi connectivity index (χ2v) is 12.7. The van der Waals surface area contributed by atoms with E-state index in [1.165, 1.54) is 16.7 Å². The summed E-state index contributed by atoms with van der Waals surface area (Å²) in [5.41, 5.74) is 7.49. The van der Waals surface area contributed by atoms with Crippen molar-refractivity contribution in [1.82, 2.24) is 20.9 Å². The van der Waals surface area contributed by atoms with Crippen molar-refractivity contribution in [3.05, 3.63) is 40.9 Å². The molecule has 0 saturated heterocycles. The van der Waals surface area contributed by atoms with Gasteiger partial charge in [-0.05, 0) is 59.6 Å². The van der Waals surface area contributed by atoms with Crippen molar-refractivity contribution in [3.63, 3.8) is 0 Å². The van der Waals surface area contributed by atoms with Crippen LogP contribution in [0.1, 0.15) is 58.4 Å². The molecule has 0 unspecified atom stereocenters. The Balaban J connectivity index is 2.44. The Morgan fingerprint density at radius 1 is 1.13 bits per heavy atom. The third-order valence-electron chi connectivity index (χ3n) is 7.40. The van der Waals surface area contributed by atoms with E-state index in [-0.39, 0.29) is 17.7 Å². The van der Waals surface area contributed by atoms with E-state index in [1.54, 1.807) is 21.0 Å². The van der Waals surface area contributed by atoms with Gasteiger partial charge in [0.1, 0.15) is 17.1 Å². The van der Waals surface area contributed by atoms with Crippen LogP contribution in [0.25, 0.3) is 5.70 Å². The molecule has 1 aromatic carbocycles. The fourth-order valence-electron chi connectivity index (χ4n) is 4.81. The van der Waals surface area contributed by atoms with Crippen LogP contribution in [-0.4, -0.2) is 72.6 Å². The van der Waals surface area contributed by atoms with Gasteiger partial charge in [-0.2, -0.15) is 11.8 Å². The second kappa shape index (κ2) is 15.3. The maximum Gasteiger partial charge on any atom is 0.249 e. The van der Waals surface area contributed by atoms with Gasteiger partial charge in [0, 0.05) is 29.3 Å². The standard InChI is InChI=1S/C28H44N6O3S2/c1-18(30-4)24(35)32-22(20-16-12-9-13-17-20)27(37)34(6)23(28(2,3)38-7)25(36)33-26(39-31-5)21(29)19-14-10-8-11-15-19/h8,10-11,14-15,18,20,22-23,30H,5,9,12-13,16-17,29H2,1-4,6-7H3,(H,32,35)(H,33,36)/b26-21-/t18-,22-,23+/m0/s1. The third-order valence-corrected chi connectivity index (χ3v) is 9.31. The van der Waals surface area contributed by atoms with Gasteiger partial charge in [0.25, 0.3) is 0 Å². The van der Waals surface area contributed by atoms with E-state index in [4.69, 9.17) is 5.73 Å². The highest BCUT2D eigenvalue weighted by Gasteiger charge is 2.44. The van der Waals surface area contributed by atoms with Crippen LogP contribution in [-0.2, 0) is 14.4 Å². The predicted molar refractivity (Wildman–Crippen MR) is 164 cm³/mol. The molecule has 0 bridgehead atoms. The Bertz CT molecular complexity index is 1030. The normalized spacial score (nSPS) is 17.3. The van der Waals surface area contributed by atoms with Crippen LogP contribution in [0.2, 0.25) is 0 Å². The Labute approximate surface area is 241 Å². The number of amides is 3. The lowest BCUT2D eigenvalue weighted by atomic mass is 9.82. The lowest BCUT2D eigenvalue weighted by molar-refractivity contribution is -0.144. The summed E-state index contributed by atoms with van der Waals surface area (Å²) in [6, 6.07) is 7.23. The van der Waals surface area contributed by atoms with Crippen LogP contribution in [0.3, 0.4) is 0 Å². The van der Waals surface area contributed by atoms with E-state index in [2.05, 4.69) is 27.1 Å². The summed E-state index contributed by atoms with van der Waals surface area (Å²) in [4.78, 5) is 42.4. The lowest BCUT2D eigenvalue weighted by Gasteiger charge is -2.41. The molecule has 0 spiro atoms. The molecule has 9 nitrogen and oxygen atoms in total. The quantitative estimate of drug-likeness (QED) is 0.209. The molecule has 39 heavy (non-hydrogen) atoms. The average Bonchev–Trinajstić information content (AvgIpc) is 2.95. The Kier molecular flexibility index (Phi) is 12.9. The number of hydrogen-bond acceptors (Lipinski definition) is 8. The molecule has 2 rings (SSSR count). The summed E-state index contributed by atoms with van der Waals surface area (Å²) in [6.07, 6.45) is 6.74. The fraction of sp³-hybridized carbons (Fsp3) is 0.571. The molecule has 1 aliphatic rings. The molecule has 0 aromatic heterocycles. The van der Waals surface area contributed by atoms with Crippen molar-refractivity contribution in [2.75, 3.05) is 20.4 Å². The molecular formula is C28H44N6O3S2. The van der Waals surface area contributed by atoms with Crippen molar-refractivity contribution in [3.8, 4) is 0 Å². The molecule has 0 heterocycles. The highest BCUT2D eigenvalue weighted by atomic mass is 32.2. The minimum Gasteiger partial charge on any atom is -0.396 e. The van der Waals surface area contributed by atoms with Crippen molar-refractivity contribution in [2.24, 2.45) is 16.0 Å². The molecule has 3 atom stereocenters. The second-order valence-electron chi connectivity index (χ2n) is 10.4. The van der Waals surface area contributed by atoms with E-state index in [0.29, 0.717) is 10.7 Å². The Morgan fingerprint density at radius 2 is 1.74 bits per heavy atom. The summed E-state index contributed by atoms with van der Waals surface area (Å²) in [6.45, 7) is 9.14. The molecule has 11 heteroatoms. The zero-order valence-corrected chi connectivity index (χ0v) is 25.6. The topological polar surface area (TPSA) is 129 Å². The molecule has 216 valence electrons. The van der Waals surface area contributed by atoms with Gasteiger partial charge in [-0.15, -0.1) is 0 Å². The maximum atomic E-state index is 14.1. The van der Waals surface area contributed by atoms with E-state index < -0.39 is 28.8 Å². The zero-order chi connectivity index (χ0) is 29.2. The molecule has 1 aromatic rings. The molecule has 1 fully saturated rings. The summed E-state index contributed by atoms with van der Waals surface area (Å²) in [5.74, 6) is -0.911. The number of nitrogens with one attached hydrogen (secondary N) is 3. The first-order valence-electron chi connectivity index (χ1n) is 13.3. The number of thioether (sulfide) groups is 1. The van der Waals surface area contributed by atoms with Gasteiger partial charge in [0.15, 0.2) is 0 Å². The van der Waals surface area contributed by atoms with Crippen LogP contribution in [0.4, 0.5) is 0 Å². The SMILES string of the molecule is C=NS/C(NC(=O)[C@@H](N(C)C(=O)[C@@H](NC(=O)[C@H](C)NC)C1CCCCC1)C(C)(C)SC)=C(\N)c1ccccc1. The predicted octanol–water partition coefficient (Wildman–Crippen LogP) is 3.38. The van der Waals surface area contributed by atoms with Crippen molar-refractivity contribution in [2.45, 2.75) is 75.7 Å². The minimum atomic E-state index is -0.867. The summed E-state index contributed by atoms with van der Waals surface area (Å²) in [5, 5.41) is 9.19. The van der Waals surface area contributed by atoms with E-state index in [1.807, 2.05) is 50.4 Å². The summed E-state index contributed by atoms with van der Waals surface area (Å²) in [7, 11) is 3.34. The van der Waals surface area contributed by atoms with Crippen LogP contribution < -0.4 is 21.7 Å². The average molecular weight is 577 g/mol. The van der Waals surface area contributed by atoms with E-state index in [9.17, 15) is 14.4 Å². The van der Waals surface area contributed by atoms with Gasteiger partial charge >= 0.3 is 0 Å². The van der Waals surface area contributed by atoms with Crippen LogP contribution in [0, 0.1) is 5.92 Å². The Hall–Kier alpha value is -2.50. The molecule has 1 saturated carbocycles. The molecular weight excluding hydrogens is 532 g/mol. The number of likely N-dealkylation sites (N-methyl/N-ethyl adjacent to an activating group) is 2. The summed E-state index contributed by atoms with van der Waals surface area (Å²) < 4.78 is 3.22. The van der Waals surface area contributed by atoms with Crippen molar-refractivity contribution >= 4 is 53.8 Å². The van der Waals surface area contributed by atoms with Gasteiger partial charge in [-0.1, -0.05) is 49.6 Å². The molecule has 0 aliphatic heterocycles. The van der Waals surface area contributed by atoms with Gasteiger partial charge in [0.2, 0.25) is 17.7 Å². The van der Waals surface area contributed by atoms with Crippen molar-refractivity contribution in [1.29, 1.82) is 0 Å². The van der Waals surface area contributed by atoms with E-state index >= 15 is 0 Å². The minimum absolute atomic E-state index is 0.00696. The number of benzene rings is 1. The first kappa shape index (κ1) is 32.7. The van der Waals surface area contributed by atoms with E-state index in [0.717, 1.165) is 49.6 Å². The van der Waals surface area contributed by atoms with Crippen LogP contribution >= 0.6 is 23.7 Å². The molecule has 1 aliphatic carbocycles. The number of hydrogen-bond donors (Lipinski definition) is 4. The monoisotopic (exact) mass is 576 g/mol. The molecule has 0 radical (unpaired) electrons. The smallest absolute Gasteiger partial charge is 0.249 e. The van der Waals surface area contributed by atoms with Gasteiger partial charge in [0.05, 0.1) is 11.7 Å². The molecule has 3 amide bonds. The molecule has 5 N–H and O–H groups in total. The van der Waals surface area contributed by atoms with Gasteiger partial charge in [-0.25, -0.2) is 4.40 Å². The van der Waals surface area contributed by atoms with Crippen LogP contribution in [0.5, 0.6) is 0 Å².